The molecule has 1 saturated carbocycles. The monoisotopic (exact) mass is 261 g/mol. The van der Waals surface area contributed by atoms with Gasteiger partial charge in [-0.2, -0.15) is 0 Å². The minimum Gasteiger partial charge on any atom is -0.274 e. The van der Waals surface area contributed by atoms with Gasteiger partial charge in [-0.1, -0.05) is 12.1 Å². The van der Waals surface area contributed by atoms with Crippen molar-refractivity contribution in [3.05, 3.63) is 29.8 Å². The minimum absolute atomic E-state index is 0.582. The Hall–Kier alpha value is -1.13. The first kappa shape index (κ1) is 13.3. The highest BCUT2D eigenvalue weighted by Crippen LogP contribution is 2.48. The summed E-state index contributed by atoms with van der Waals surface area (Å²) in [5.74, 6) is 2.06. The minimum atomic E-state index is 0.582. The molecule has 0 aromatic heterocycles. The van der Waals surface area contributed by atoms with Crippen molar-refractivity contribution in [3.8, 4) is 0 Å². The molecule has 1 aliphatic carbocycles. The van der Waals surface area contributed by atoms with E-state index in [4.69, 9.17) is 5.14 Å². The predicted molar refractivity (Wildman–Crippen MR) is 79.5 cm³/mol. The fraction of sp³-hybridized carbons (Fsp3) is 0.429. The van der Waals surface area contributed by atoms with Crippen LogP contribution in [0.2, 0.25) is 0 Å². The Balaban J connectivity index is 2.04. The molecule has 0 aliphatic heterocycles. The van der Waals surface area contributed by atoms with E-state index in [1.54, 1.807) is 7.05 Å². The molecule has 0 amide bonds. The van der Waals surface area contributed by atoms with Crippen LogP contribution in [-0.4, -0.2) is 18.6 Å². The number of hydrogen-bond donors (Lipinski definition) is 1. The molecular weight excluding hydrogens is 242 g/mol. The summed E-state index contributed by atoms with van der Waals surface area (Å²) >= 11 is 1.29. The second-order valence-corrected chi connectivity index (χ2v) is 5.37. The molecule has 0 spiro atoms. The fourth-order valence-corrected chi connectivity index (χ4v) is 2.50. The molecule has 1 aromatic rings. The third kappa shape index (κ3) is 3.00. The van der Waals surface area contributed by atoms with Crippen molar-refractivity contribution >= 4 is 23.5 Å². The summed E-state index contributed by atoms with van der Waals surface area (Å²) in [6.45, 7) is 4.04. The number of rotatable bonds is 3. The Labute approximate surface area is 113 Å². The van der Waals surface area contributed by atoms with Gasteiger partial charge in [0.1, 0.15) is 5.84 Å². The molecule has 0 bridgehead atoms. The number of amidine groups is 1. The summed E-state index contributed by atoms with van der Waals surface area (Å²) in [6.07, 6.45) is 1.20. The van der Waals surface area contributed by atoms with Gasteiger partial charge in [-0.3, -0.25) is 10.1 Å². The molecule has 2 N–H and O–H groups in total. The van der Waals surface area contributed by atoms with Crippen LogP contribution in [0, 0.1) is 5.92 Å². The molecule has 1 aromatic carbocycles. The average molecular weight is 261 g/mol. The number of aliphatic imine (C=N–C) groups is 2. The van der Waals surface area contributed by atoms with E-state index in [1.807, 2.05) is 6.92 Å². The van der Waals surface area contributed by atoms with Crippen molar-refractivity contribution < 1.29 is 0 Å². The van der Waals surface area contributed by atoms with Crippen LogP contribution in [0.5, 0.6) is 0 Å². The van der Waals surface area contributed by atoms with Crippen molar-refractivity contribution in [2.75, 3.05) is 7.05 Å². The van der Waals surface area contributed by atoms with Crippen LogP contribution < -0.4 is 5.14 Å². The van der Waals surface area contributed by atoms with E-state index < -0.39 is 0 Å². The van der Waals surface area contributed by atoms with E-state index >= 15 is 0 Å². The van der Waals surface area contributed by atoms with E-state index in [0.29, 0.717) is 11.8 Å². The molecule has 3 nitrogen and oxygen atoms in total. The molecule has 4 heteroatoms. The Morgan fingerprint density at radius 2 is 1.94 bits per heavy atom. The molecule has 1 fully saturated rings. The summed E-state index contributed by atoms with van der Waals surface area (Å²) in [4.78, 5) is 9.69. The summed E-state index contributed by atoms with van der Waals surface area (Å²) in [7, 11) is 1.78. The second-order valence-electron chi connectivity index (χ2n) is 4.66. The number of nitrogens with zero attached hydrogens (tertiary/aromatic N) is 2. The van der Waals surface area contributed by atoms with Crippen molar-refractivity contribution in [1.29, 1.82) is 0 Å². The van der Waals surface area contributed by atoms with Gasteiger partial charge >= 0.3 is 0 Å². The smallest absolute Gasteiger partial charge is 0.119 e. The number of nitrogens with two attached hydrogens (primary N) is 1. The molecule has 96 valence electrons. The first-order valence-corrected chi connectivity index (χ1v) is 6.99. The molecule has 0 saturated heterocycles. The number of benzene rings is 1. The second kappa shape index (κ2) is 5.67. The molecule has 2 rings (SSSR count). The van der Waals surface area contributed by atoms with E-state index in [9.17, 15) is 0 Å². The van der Waals surface area contributed by atoms with Crippen LogP contribution in [0.1, 0.15) is 31.7 Å². The molecule has 18 heavy (non-hydrogen) atoms. The third-order valence-corrected chi connectivity index (χ3v) is 3.98. The zero-order chi connectivity index (χ0) is 13.1. The van der Waals surface area contributed by atoms with Gasteiger partial charge in [0, 0.05) is 23.6 Å². The Morgan fingerprint density at radius 3 is 2.50 bits per heavy atom. The van der Waals surface area contributed by atoms with Gasteiger partial charge in [0.05, 0.1) is 0 Å². The Bertz CT molecular complexity index is 476. The molecule has 0 heterocycles. The topological polar surface area (TPSA) is 50.7 Å². The van der Waals surface area contributed by atoms with Gasteiger partial charge in [-0.25, -0.2) is 4.99 Å². The largest absolute Gasteiger partial charge is 0.274 e. The third-order valence-electron chi connectivity index (χ3n) is 3.43. The van der Waals surface area contributed by atoms with Crippen LogP contribution >= 0.6 is 11.9 Å². The van der Waals surface area contributed by atoms with Gasteiger partial charge in [-0.05, 0) is 55.8 Å². The molecule has 0 radical (unpaired) electrons. The summed E-state index contributed by atoms with van der Waals surface area (Å²) < 4.78 is 0. The molecule has 1 aliphatic rings. The average Bonchev–Trinajstić information content (AvgIpc) is 3.19. The molecular formula is C14H19N3S. The van der Waals surface area contributed by atoms with E-state index in [0.717, 1.165) is 10.7 Å². The highest BCUT2D eigenvalue weighted by atomic mass is 32.2. The zero-order valence-electron chi connectivity index (χ0n) is 11.1. The standard InChI is InChI=1S/C14H19N3S/c1-9(17-10(2)16-3)13-8-14(13)11-4-6-12(18-15)7-5-11/h4-7,13-14H,8,15H2,1-3H3. The summed E-state index contributed by atoms with van der Waals surface area (Å²) in [5, 5.41) is 5.52. The van der Waals surface area contributed by atoms with Crippen molar-refractivity contribution in [1.82, 2.24) is 0 Å². The highest BCUT2D eigenvalue weighted by Gasteiger charge is 2.40. The normalized spacial score (nSPS) is 24.2. The lowest BCUT2D eigenvalue weighted by Gasteiger charge is -2.02. The number of hydrogen-bond acceptors (Lipinski definition) is 3. The lowest BCUT2D eigenvalue weighted by Crippen LogP contribution is -2.00. The van der Waals surface area contributed by atoms with Crippen molar-refractivity contribution in [2.24, 2.45) is 21.0 Å². The lowest BCUT2D eigenvalue weighted by molar-refractivity contribution is 1.04. The van der Waals surface area contributed by atoms with Gasteiger partial charge in [0.25, 0.3) is 0 Å². The van der Waals surface area contributed by atoms with E-state index in [-0.39, 0.29) is 0 Å². The van der Waals surface area contributed by atoms with Gasteiger partial charge in [0.2, 0.25) is 0 Å². The van der Waals surface area contributed by atoms with Crippen molar-refractivity contribution in [2.45, 2.75) is 31.1 Å². The van der Waals surface area contributed by atoms with Gasteiger partial charge in [0.15, 0.2) is 0 Å². The quantitative estimate of drug-likeness (QED) is 0.516. The summed E-state index contributed by atoms with van der Waals surface area (Å²) in [5.41, 5.74) is 2.58. The maximum absolute atomic E-state index is 5.52. The first-order valence-electron chi connectivity index (χ1n) is 6.11. The molecule has 2 unspecified atom stereocenters. The van der Waals surface area contributed by atoms with Crippen LogP contribution in [0.25, 0.3) is 0 Å². The van der Waals surface area contributed by atoms with Gasteiger partial charge in [-0.15, -0.1) is 0 Å². The lowest BCUT2D eigenvalue weighted by atomic mass is 10.1. The molecule has 2 atom stereocenters. The van der Waals surface area contributed by atoms with E-state index in [1.165, 1.54) is 29.6 Å². The van der Waals surface area contributed by atoms with Gasteiger partial charge < -0.3 is 0 Å². The zero-order valence-corrected chi connectivity index (χ0v) is 11.9. The summed E-state index contributed by atoms with van der Waals surface area (Å²) in [6, 6.07) is 8.52. The fourth-order valence-electron chi connectivity index (χ4n) is 2.21. The van der Waals surface area contributed by atoms with Crippen LogP contribution in [0.3, 0.4) is 0 Å². The Morgan fingerprint density at radius 1 is 1.28 bits per heavy atom. The van der Waals surface area contributed by atoms with Crippen LogP contribution in [0.15, 0.2) is 39.1 Å². The maximum atomic E-state index is 5.52. The van der Waals surface area contributed by atoms with Crippen LogP contribution in [0.4, 0.5) is 0 Å². The van der Waals surface area contributed by atoms with Crippen molar-refractivity contribution in [3.63, 3.8) is 0 Å². The maximum Gasteiger partial charge on any atom is 0.119 e. The first-order chi connectivity index (χ1) is 8.65. The SMILES string of the molecule is CN=C(C)N=C(C)C1CC1c1ccc(SN)cc1. The van der Waals surface area contributed by atoms with E-state index in [2.05, 4.69) is 41.2 Å². The van der Waals surface area contributed by atoms with Crippen LogP contribution in [-0.2, 0) is 0 Å². The Kier molecular flexibility index (Phi) is 4.19. The predicted octanol–water partition coefficient (Wildman–Crippen LogP) is 3.27. The highest BCUT2D eigenvalue weighted by molar-refractivity contribution is 7.97.